The van der Waals surface area contributed by atoms with E-state index >= 15 is 0 Å². The van der Waals surface area contributed by atoms with E-state index in [4.69, 9.17) is 9.47 Å². The fourth-order valence-electron chi connectivity index (χ4n) is 3.07. The maximum atomic E-state index is 12.6. The van der Waals surface area contributed by atoms with Gasteiger partial charge >= 0.3 is 5.97 Å². The number of hydrogen-bond acceptors (Lipinski definition) is 6. The van der Waals surface area contributed by atoms with E-state index in [0.29, 0.717) is 30.1 Å². The smallest absolute Gasteiger partial charge is 0.344 e. The van der Waals surface area contributed by atoms with Crippen molar-refractivity contribution < 1.29 is 27.5 Å². The lowest BCUT2D eigenvalue weighted by Crippen LogP contribution is -2.27. The molecule has 0 unspecified atom stereocenters. The average molecular weight is 432 g/mol. The topological polar surface area (TPSA) is 102 Å². The first kappa shape index (κ1) is 21.8. The third-order valence-corrected chi connectivity index (χ3v) is 6.49. The number of amides is 1. The quantitative estimate of drug-likeness (QED) is 0.644. The van der Waals surface area contributed by atoms with Crippen molar-refractivity contribution in [2.75, 3.05) is 31.6 Å². The van der Waals surface area contributed by atoms with Gasteiger partial charge in [0.25, 0.3) is 5.91 Å². The molecule has 3 rings (SSSR count). The molecule has 2 aromatic rings. The number of rotatable bonds is 8. The Labute approximate surface area is 175 Å². The lowest BCUT2D eigenvalue weighted by Gasteiger charge is -2.15. The van der Waals surface area contributed by atoms with E-state index in [1.54, 1.807) is 31.2 Å². The van der Waals surface area contributed by atoms with E-state index in [9.17, 15) is 18.0 Å². The molecule has 30 heavy (non-hydrogen) atoms. The third kappa shape index (κ3) is 5.37. The fraction of sp³-hybridized carbons (Fsp3) is 0.333. The zero-order valence-electron chi connectivity index (χ0n) is 16.7. The Balaban J connectivity index is 1.63. The van der Waals surface area contributed by atoms with Crippen LogP contribution in [0.5, 0.6) is 5.75 Å². The predicted octanol–water partition coefficient (Wildman–Crippen LogP) is 2.67. The lowest BCUT2D eigenvalue weighted by molar-refractivity contribution is -0.145. The largest absolute Gasteiger partial charge is 0.482 e. The Morgan fingerprint density at radius 2 is 1.77 bits per heavy atom. The van der Waals surface area contributed by atoms with Crippen LogP contribution >= 0.6 is 0 Å². The van der Waals surface area contributed by atoms with Gasteiger partial charge in [0.05, 0.1) is 11.5 Å². The zero-order chi connectivity index (χ0) is 21.6. The van der Waals surface area contributed by atoms with Crippen LogP contribution in [0.25, 0.3) is 0 Å². The highest BCUT2D eigenvalue weighted by Gasteiger charge is 2.27. The van der Waals surface area contributed by atoms with Crippen molar-refractivity contribution in [3.05, 3.63) is 54.1 Å². The van der Waals surface area contributed by atoms with Gasteiger partial charge in [0.2, 0.25) is 10.0 Å². The monoisotopic (exact) mass is 432 g/mol. The summed E-state index contributed by atoms with van der Waals surface area (Å²) < 4.78 is 36.8. The van der Waals surface area contributed by atoms with Crippen LogP contribution < -0.4 is 10.1 Å². The average Bonchev–Trinajstić information content (AvgIpc) is 3.29. The number of carbonyl (C=O) groups is 2. The van der Waals surface area contributed by atoms with Crippen LogP contribution in [0.15, 0.2) is 53.4 Å². The normalized spacial score (nSPS) is 14.3. The van der Waals surface area contributed by atoms with Crippen molar-refractivity contribution in [2.24, 2.45) is 0 Å². The summed E-state index contributed by atoms with van der Waals surface area (Å²) in [6.07, 6.45) is 1.73. The fourth-order valence-corrected chi connectivity index (χ4v) is 4.58. The summed E-state index contributed by atoms with van der Waals surface area (Å²) >= 11 is 0. The molecule has 1 amide bonds. The molecule has 0 spiro atoms. The number of anilines is 1. The molecule has 0 aliphatic carbocycles. The first-order valence-corrected chi connectivity index (χ1v) is 11.1. The number of nitrogens with one attached hydrogen (secondary N) is 1. The molecule has 1 aliphatic heterocycles. The predicted molar refractivity (Wildman–Crippen MR) is 111 cm³/mol. The van der Waals surface area contributed by atoms with Gasteiger partial charge in [0, 0.05) is 30.4 Å². The maximum absolute atomic E-state index is 12.6. The minimum Gasteiger partial charge on any atom is -0.482 e. The summed E-state index contributed by atoms with van der Waals surface area (Å²) in [6.45, 7) is 2.81. The second-order valence-corrected chi connectivity index (χ2v) is 8.65. The minimum absolute atomic E-state index is 0.176. The van der Waals surface area contributed by atoms with E-state index in [1.807, 2.05) is 0 Å². The number of nitrogens with zero attached hydrogens (tertiary/aromatic N) is 1. The van der Waals surface area contributed by atoms with Gasteiger partial charge in [0.1, 0.15) is 5.75 Å². The van der Waals surface area contributed by atoms with E-state index in [-0.39, 0.29) is 24.0 Å². The van der Waals surface area contributed by atoms with Crippen molar-refractivity contribution in [2.45, 2.75) is 24.7 Å². The zero-order valence-corrected chi connectivity index (χ0v) is 17.5. The van der Waals surface area contributed by atoms with Gasteiger partial charge in [-0.2, -0.15) is 4.31 Å². The molecule has 160 valence electrons. The molecule has 2 aromatic carbocycles. The summed E-state index contributed by atoms with van der Waals surface area (Å²) in [5.41, 5.74) is 0.809. The van der Waals surface area contributed by atoms with E-state index in [0.717, 1.165) is 12.8 Å². The highest BCUT2D eigenvalue weighted by atomic mass is 32.2. The molecule has 1 saturated heterocycles. The Hall–Kier alpha value is -2.91. The number of benzene rings is 2. The lowest BCUT2D eigenvalue weighted by atomic mass is 10.2. The van der Waals surface area contributed by atoms with Crippen molar-refractivity contribution in [3.8, 4) is 5.75 Å². The first-order valence-electron chi connectivity index (χ1n) is 9.70. The van der Waals surface area contributed by atoms with Gasteiger partial charge in [-0.05, 0) is 56.2 Å². The molecule has 8 nitrogen and oxygen atoms in total. The summed E-state index contributed by atoms with van der Waals surface area (Å²) in [4.78, 5) is 24.1. The SMILES string of the molecule is CCOC(=O)COc1cccc(NC(=O)c2ccc(S(=O)(=O)N3CCCC3)cc2)c1. The number of esters is 1. The van der Waals surface area contributed by atoms with E-state index in [1.165, 1.54) is 28.6 Å². The van der Waals surface area contributed by atoms with Crippen LogP contribution in [0.2, 0.25) is 0 Å². The maximum Gasteiger partial charge on any atom is 0.344 e. The van der Waals surface area contributed by atoms with Crippen LogP contribution in [0.4, 0.5) is 5.69 Å². The number of ether oxygens (including phenoxy) is 2. The summed E-state index contributed by atoms with van der Waals surface area (Å²) in [5, 5.41) is 2.73. The Morgan fingerprint density at radius 3 is 2.43 bits per heavy atom. The Morgan fingerprint density at radius 1 is 1.07 bits per heavy atom. The van der Waals surface area contributed by atoms with Crippen LogP contribution in [-0.2, 0) is 19.6 Å². The first-order chi connectivity index (χ1) is 14.4. The van der Waals surface area contributed by atoms with Crippen LogP contribution in [0, 0.1) is 0 Å². The second kappa shape index (κ2) is 9.73. The van der Waals surface area contributed by atoms with E-state index < -0.39 is 16.0 Å². The van der Waals surface area contributed by atoms with Gasteiger partial charge < -0.3 is 14.8 Å². The summed E-state index contributed by atoms with van der Waals surface area (Å²) in [5.74, 6) is -0.452. The molecular weight excluding hydrogens is 408 g/mol. The number of sulfonamides is 1. The van der Waals surface area contributed by atoms with Crippen LogP contribution in [-0.4, -0.2) is 50.9 Å². The van der Waals surface area contributed by atoms with Crippen molar-refractivity contribution >= 4 is 27.6 Å². The van der Waals surface area contributed by atoms with Crippen LogP contribution in [0.3, 0.4) is 0 Å². The van der Waals surface area contributed by atoms with Gasteiger partial charge in [0.15, 0.2) is 6.61 Å². The second-order valence-electron chi connectivity index (χ2n) is 6.71. The van der Waals surface area contributed by atoms with Gasteiger partial charge in [-0.1, -0.05) is 6.07 Å². The molecule has 0 atom stereocenters. The Bertz CT molecular complexity index is 998. The molecule has 0 bridgehead atoms. The molecule has 0 saturated carbocycles. The van der Waals surface area contributed by atoms with Crippen molar-refractivity contribution in [1.82, 2.24) is 4.31 Å². The molecule has 9 heteroatoms. The van der Waals surface area contributed by atoms with E-state index in [2.05, 4.69) is 5.32 Å². The molecule has 1 N–H and O–H groups in total. The molecule has 0 radical (unpaired) electrons. The van der Waals surface area contributed by atoms with Crippen molar-refractivity contribution in [1.29, 1.82) is 0 Å². The van der Waals surface area contributed by atoms with Crippen molar-refractivity contribution in [3.63, 3.8) is 0 Å². The molecule has 0 aromatic heterocycles. The molecule has 1 heterocycles. The molecule has 1 aliphatic rings. The van der Waals surface area contributed by atoms with Gasteiger partial charge in [-0.25, -0.2) is 13.2 Å². The van der Waals surface area contributed by atoms with Crippen LogP contribution in [0.1, 0.15) is 30.1 Å². The summed E-state index contributed by atoms with van der Waals surface area (Å²) in [6, 6.07) is 12.5. The third-order valence-electron chi connectivity index (χ3n) is 4.57. The number of carbonyl (C=O) groups excluding carboxylic acids is 2. The van der Waals surface area contributed by atoms with Gasteiger partial charge in [-0.3, -0.25) is 4.79 Å². The summed E-state index contributed by atoms with van der Waals surface area (Å²) in [7, 11) is -3.52. The number of hydrogen-bond donors (Lipinski definition) is 1. The highest BCUT2D eigenvalue weighted by Crippen LogP contribution is 2.22. The highest BCUT2D eigenvalue weighted by molar-refractivity contribution is 7.89. The molecule has 1 fully saturated rings. The molecular formula is C21H24N2O6S. The minimum atomic E-state index is -3.52. The van der Waals surface area contributed by atoms with Gasteiger partial charge in [-0.15, -0.1) is 0 Å². The standard InChI is InChI=1S/C21H24N2O6S/c1-2-28-20(24)15-29-18-7-5-6-17(14-18)22-21(25)16-8-10-19(11-9-16)30(26,27)23-12-3-4-13-23/h5-11,14H,2-4,12-13,15H2,1H3,(H,22,25). The Kier molecular flexibility index (Phi) is 7.07.